The summed E-state index contributed by atoms with van der Waals surface area (Å²) in [5, 5.41) is 9.34. The molecule has 3 aromatic carbocycles. The monoisotopic (exact) mass is 540 g/mol. The minimum Gasteiger partial charge on any atom is -0.462 e. The molecule has 5 rings (SSSR count). The van der Waals surface area contributed by atoms with Crippen molar-refractivity contribution in [2.24, 2.45) is 10.1 Å². The van der Waals surface area contributed by atoms with E-state index in [9.17, 15) is 14.4 Å². The Labute approximate surface area is 231 Å². The highest BCUT2D eigenvalue weighted by Gasteiger charge is 2.39. The molecule has 3 aromatic rings. The first-order valence-corrected chi connectivity index (χ1v) is 13.6. The van der Waals surface area contributed by atoms with Gasteiger partial charge in [0.2, 0.25) is 5.91 Å². The summed E-state index contributed by atoms with van der Waals surface area (Å²) in [5.74, 6) is -1.09. The molecule has 9 heteroatoms. The van der Waals surface area contributed by atoms with Gasteiger partial charge in [-0.1, -0.05) is 71.9 Å². The smallest absolute Gasteiger partial charge is 0.338 e. The Kier molecular flexibility index (Phi) is 7.88. The predicted molar refractivity (Wildman–Crippen MR) is 153 cm³/mol. The Bertz CT molecular complexity index is 1440. The Morgan fingerprint density at radius 1 is 1.03 bits per heavy atom. The molecule has 0 radical (unpaired) electrons. The van der Waals surface area contributed by atoms with E-state index in [2.05, 4.69) is 34.6 Å². The number of anilines is 1. The van der Waals surface area contributed by atoms with Crippen LogP contribution in [0.25, 0.3) is 0 Å². The summed E-state index contributed by atoms with van der Waals surface area (Å²) in [6.45, 7) is 4.07. The number of amides is 2. The Balaban J connectivity index is 1.27. The zero-order chi connectivity index (χ0) is 27.4. The first kappa shape index (κ1) is 26.4. The maximum atomic E-state index is 12.8. The zero-order valence-electron chi connectivity index (χ0n) is 21.7. The number of nitrogens with one attached hydrogen (secondary N) is 1. The lowest BCUT2D eigenvalue weighted by Crippen LogP contribution is -2.25. The quantitative estimate of drug-likeness (QED) is 0.406. The normalized spacial score (nSPS) is 18.5. The molecule has 0 spiro atoms. The van der Waals surface area contributed by atoms with E-state index in [1.165, 1.54) is 17.3 Å². The Morgan fingerprint density at radius 3 is 2.44 bits per heavy atom. The second kappa shape index (κ2) is 11.7. The van der Waals surface area contributed by atoms with Crippen LogP contribution < -0.4 is 5.32 Å². The fourth-order valence-electron chi connectivity index (χ4n) is 4.43. The molecular formula is C30H28N4O4S. The molecule has 198 valence electrons. The number of esters is 1. The van der Waals surface area contributed by atoms with Gasteiger partial charge in [-0.3, -0.25) is 9.59 Å². The van der Waals surface area contributed by atoms with Crippen molar-refractivity contribution in [1.29, 1.82) is 0 Å². The van der Waals surface area contributed by atoms with Gasteiger partial charge in [-0.25, -0.2) is 9.80 Å². The van der Waals surface area contributed by atoms with Crippen LogP contribution in [0.15, 0.2) is 89.0 Å². The lowest BCUT2D eigenvalue weighted by molar-refractivity contribution is -0.121. The molecule has 2 atom stereocenters. The number of benzene rings is 3. The van der Waals surface area contributed by atoms with Gasteiger partial charge in [0.25, 0.3) is 5.91 Å². The fourth-order valence-corrected chi connectivity index (χ4v) is 5.49. The molecular weight excluding hydrogens is 512 g/mol. The summed E-state index contributed by atoms with van der Waals surface area (Å²) in [4.78, 5) is 41.7. The Hall–Kier alpha value is -4.24. The van der Waals surface area contributed by atoms with Gasteiger partial charge in [-0.05, 0) is 49.2 Å². The number of aliphatic imine (C=N–C) groups is 1. The Morgan fingerprint density at radius 2 is 1.74 bits per heavy atom. The van der Waals surface area contributed by atoms with Gasteiger partial charge in [0.05, 0.1) is 23.9 Å². The highest BCUT2D eigenvalue weighted by molar-refractivity contribution is 8.15. The van der Waals surface area contributed by atoms with Crippen molar-refractivity contribution in [1.82, 2.24) is 5.01 Å². The lowest BCUT2D eigenvalue weighted by atomic mass is 9.98. The number of nitrogens with zero attached hydrogens (tertiary/aromatic N) is 3. The van der Waals surface area contributed by atoms with E-state index in [1.807, 2.05) is 42.3 Å². The maximum Gasteiger partial charge on any atom is 0.338 e. The average Bonchev–Trinajstić information content (AvgIpc) is 3.54. The van der Waals surface area contributed by atoms with E-state index in [4.69, 9.17) is 9.84 Å². The second-order valence-corrected chi connectivity index (χ2v) is 10.4. The van der Waals surface area contributed by atoms with Crippen molar-refractivity contribution in [3.05, 3.63) is 101 Å². The summed E-state index contributed by atoms with van der Waals surface area (Å²) < 4.78 is 4.98. The number of ether oxygens (including phenoxy) is 1. The van der Waals surface area contributed by atoms with Gasteiger partial charge in [0, 0.05) is 18.5 Å². The van der Waals surface area contributed by atoms with E-state index >= 15 is 0 Å². The summed E-state index contributed by atoms with van der Waals surface area (Å²) >= 11 is 1.26. The number of thioether (sulfide) groups is 1. The van der Waals surface area contributed by atoms with Crippen molar-refractivity contribution >= 4 is 46.1 Å². The number of carbonyl (C=O) groups excluding carboxylic acids is 3. The molecule has 39 heavy (non-hydrogen) atoms. The lowest BCUT2D eigenvalue weighted by Gasteiger charge is -2.23. The number of hydrogen-bond donors (Lipinski definition) is 1. The number of carbonyl (C=O) groups is 3. The highest BCUT2D eigenvalue weighted by atomic mass is 32.2. The molecule has 0 saturated carbocycles. The van der Waals surface area contributed by atoms with Crippen LogP contribution in [-0.4, -0.2) is 45.5 Å². The molecule has 0 saturated heterocycles. The van der Waals surface area contributed by atoms with E-state index in [0.29, 0.717) is 22.8 Å². The molecule has 1 N–H and O–H groups in total. The van der Waals surface area contributed by atoms with Gasteiger partial charge in [-0.15, -0.1) is 0 Å². The molecule has 2 aliphatic heterocycles. The second-order valence-electron chi connectivity index (χ2n) is 9.28. The van der Waals surface area contributed by atoms with Crippen LogP contribution in [0.1, 0.15) is 52.9 Å². The van der Waals surface area contributed by atoms with Crippen molar-refractivity contribution in [3.63, 3.8) is 0 Å². The van der Waals surface area contributed by atoms with Gasteiger partial charge in [0.15, 0.2) is 5.17 Å². The number of hydrazone groups is 1. The topological polar surface area (TPSA) is 100 Å². The predicted octanol–water partition coefficient (Wildman–Crippen LogP) is 5.35. The van der Waals surface area contributed by atoms with E-state index in [1.54, 1.807) is 31.2 Å². The van der Waals surface area contributed by atoms with Crippen molar-refractivity contribution in [2.75, 3.05) is 11.9 Å². The molecule has 0 bridgehead atoms. The molecule has 0 aliphatic carbocycles. The minimum atomic E-state index is -0.645. The average molecular weight is 541 g/mol. The first-order valence-electron chi connectivity index (χ1n) is 12.8. The molecule has 2 heterocycles. The summed E-state index contributed by atoms with van der Waals surface area (Å²) in [5.41, 5.74) is 5.13. The third-order valence-electron chi connectivity index (χ3n) is 6.46. The number of hydrogen-bond acceptors (Lipinski definition) is 7. The fraction of sp³-hybridized carbons (Fsp3) is 0.233. The molecule has 0 unspecified atom stereocenters. The summed E-state index contributed by atoms with van der Waals surface area (Å²) in [6, 6.07) is 24.6. The van der Waals surface area contributed by atoms with Crippen LogP contribution >= 0.6 is 11.8 Å². The summed E-state index contributed by atoms with van der Waals surface area (Å²) in [7, 11) is 0. The summed E-state index contributed by atoms with van der Waals surface area (Å²) in [6.07, 6.45) is 0.641. The van der Waals surface area contributed by atoms with Crippen LogP contribution in [0.5, 0.6) is 0 Å². The van der Waals surface area contributed by atoms with Crippen molar-refractivity contribution in [3.8, 4) is 0 Å². The third-order valence-corrected chi connectivity index (χ3v) is 7.60. The third kappa shape index (κ3) is 6.09. The number of aryl methyl sites for hydroxylation is 1. The van der Waals surface area contributed by atoms with Gasteiger partial charge < -0.3 is 10.1 Å². The largest absolute Gasteiger partial charge is 0.462 e. The van der Waals surface area contributed by atoms with Crippen LogP contribution in [0.3, 0.4) is 0 Å². The van der Waals surface area contributed by atoms with Crippen LogP contribution in [0.4, 0.5) is 5.69 Å². The number of amidine groups is 1. The van der Waals surface area contributed by atoms with Crippen LogP contribution in [-0.2, 0) is 14.3 Å². The molecule has 2 amide bonds. The highest BCUT2D eigenvalue weighted by Crippen LogP contribution is 2.38. The molecule has 0 aromatic heterocycles. The van der Waals surface area contributed by atoms with Gasteiger partial charge >= 0.3 is 5.97 Å². The minimum absolute atomic E-state index is 0.0332. The maximum absolute atomic E-state index is 12.8. The number of rotatable bonds is 7. The molecule has 2 aliphatic rings. The standard InChI is InChI=1S/C30H28N4O4S/c1-3-38-29(37)22-13-15-23(16-14-22)31-27(35)18-26-28(36)32-30(39-26)34-25(21-7-5-4-6-8-21)17-24(33-34)20-11-9-19(2)10-12-20/h4-16,25-26H,3,17-18H2,1-2H3,(H,31,35)/t25-,26+/m0/s1. The first-order chi connectivity index (χ1) is 18.9. The van der Waals surface area contributed by atoms with Crippen molar-refractivity contribution < 1.29 is 19.1 Å². The zero-order valence-corrected chi connectivity index (χ0v) is 22.5. The van der Waals surface area contributed by atoms with Crippen LogP contribution in [0.2, 0.25) is 0 Å². The van der Waals surface area contributed by atoms with Crippen LogP contribution in [0, 0.1) is 6.92 Å². The van der Waals surface area contributed by atoms with E-state index in [0.717, 1.165) is 16.8 Å². The van der Waals surface area contributed by atoms with E-state index in [-0.39, 0.29) is 30.9 Å². The van der Waals surface area contributed by atoms with Crippen molar-refractivity contribution in [2.45, 2.75) is 38.0 Å². The molecule has 0 fully saturated rings. The SMILES string of the molecule is CCOC(=O)c1ccc(NC(=O)C[C@H]2SC(N3N=C(c4ccc(C)cc4)C[C@H]3c3ccccc3)=NC2=O)cc1. The van der Waals surface area contributed by atoms with Gasteiger partial charge in [-0.2, -0.15) is 10.1 Å². The van der Waals surface area contributed by atoms with Gasteiger partial charge in [0.1, 0.15) is 5.25 Å². The van der Waals surface area contributed by atoms with E-state index < -0.39 is 11.2 Å². The molecule has 8 nitrogen and oxygen atoms in total.